The van der Waals surface area contributed by atoms with Crippen LogP contribution in [0.4, 0.5) is 5.00 Å². The lowest BCUT2D eigenvalue weighted by Crippen LogP contribution is -2.35. The van der Waals surface area contributed by atoms with E-state index in [-0.39, 0.29) is 0 Å². The molecule has 3 aromatic rings. The van der Waals surface area contributed by atoms with E-state index in [9.17, 15) is 8.42 Å². The summed E-state index contributed by atoms with van der Waals surface area (Å²) in [6.45, 7) is 0.573. The number of hydrogen-bond acceptors (Lipinski definition) is 3. The van der Waals surface area contributed by atoms with Crippen molar-refractivity contribution < 1.29 is 8.42 Å². The van der Waals surface area contributed by atoms with E-state index < -0.39 is 10.0 Å². The molecule has 3 nitrogen and oxygen atoms in total. The van der Waals surface area contributed by atoms with Gasteiger partial charge in [-0.2, -0.15) is 0 Å². The standard InChI is InChI=1S/C21H23NO2S2/c23-26(24,19-12-5-2-6-13-19)22(16-17-9-3-1-4-10-17)21-15-18-11-7-8-14-20(18)25-21/h2,5-8,11-15,17H,1,3-4,9-10,16H2. The van der Waals surface area contributed by atoms with Gasteiger partial charge in [0, 0.05) is 11.2 Å². The number of hydrogen-bond donors (Lipinski definition) is 0. The Morgan fingerprint density at radius 3 is 2.35 bits per heavy atom. The lowest BCUT2D eigenvalue weighted by atomic mass is 9.89. The van der Waals surface area contributed by atoms with Crippen molar-refractivity contribution in [3.05, 3.63) is 60.7 Å². The van der Waals surface area contributed by atoms with Gasteiger partial charge >= 0.3 is 0 Å². The largest absolute Gasteiger partial charge is 0.264 e. The zero-order valence-corrected chi connectivity index (χ0v) is 16.3. The summed E-state index contributed by atoms with van der Waals surface area (Å²) < 4.78 is 29.6. The predicted octanol–water partition coefficient (Wildman–Crippen LogP) is 5.68. The van der Waals surface area contributed by atoms with E-state index >= 15 is 0 Å². The van der Waals surface area contributed by atoms with Crippen LogP contribution >= 0.6 is 11.3 Å². The monoisotopic (exact) mass is 385 g/mol. The van der Waals surface area contributed by atoms with Crippen molar-refractivity contribution in [2.75, 3.05) is 10.8 Å². The summed E-state index contributed by atoms with van der Waals surface area (Å²) in [6.07, 6.45) is 5.91. The molecule has 0 spiro atoms. The summed E-state index contributed by atoms with van der Waals surface area (Å²) in [4.78, 5) is 0.369. The summed E-state index contributed by atoms with van der Waals surface area (Å²) in [7, 11) is -3.56. The topological polar surface area (TPSA) is 37.4 Å². The van der Waals surface area contributed by atoms with Gasteiger partial charge in [0.2, 0.25) is 0 Å². The van der Waals surface area contributed by atoms with Crippen LogP contribution in [0.1, 0.15) is 32.1 Å². The average molecular weight is 386 g/mol. The molecule has 0 radical (unpaired) electrons. The molecule has 5 heteroatoms. The van der Waals surface area contributed by atoms with Crippen molar-refractivity contribution in [2.45, 2.75) is 37.0 Å². The van der Waals surface area contributed by atoms with E-state index in [1.807, 2.05) is 30.3 Å². The third kappa shape index (κ3) is 3.51. The first-order chi connectivity index (χ1) is 12.6. The molecular formula is C21H23NO2S2. The van der Waals surface area contributed by atoms with Gasteiger partial charge < -0.3 is 0 Å². The van der Waals surface area contributed by atoms with Crippen molar-refractivity contribution in [2.24, 2.45) is 5.92 Å². The fraction of sp³-hybridized carbons (Fsp3) is 0.333. The Bertz CT molecular complexity index is 940. The molecule has 1 saturated carbocycles. The minimum Gasteiger partial charge on any atom is -0.257 e. The summed E-state index contributed by atoms with van der Waals surface area (Å²) in [5.41, 5.74) is 0. The predicted molar refractivity (Wildman–Crippen MR) is 109 cm³/mol. The van der Waals surface area contributed by atoms with E-state index in [1.54, 1.807) is 39.9 Å². The molecule has 2 aromatic carbocycles. The molecular weight excluding hydrogens is 362 g/mol. The summed E-state index contributed by atoms with van der Waals surface area (Å²) in [6, 6.07) is 18.9. The van der Waals surface area contributed by atoms with Crippen LogP contribution < -0.4 is 4.31 Å². The van der Waals surface area contributed by atoms with Crippen molar-refractivity contribution >= 4 is 36.4 Å². The van der Waals surface area contributed by atoms with E-state index in [1.165, 1.54) is 19.3 Å². The number of nitrogens with zero attached hydrogens (tertiary/aromatic N) is 1. The molecule has 1 aliphatic rings. The molecule has 0 saturated heterocycles. The summed E-state index contributed by atoms with van der Waals surface area (Å²) >= 11 is 1.56. The summed E-state index contributed by atoms with van der Waals surface area (Å²) in [5, 5.41) is 1.92. The van der Waals surface area contributed by atoms with Gasteiger partial charge in [0.25, 0.3) is 10.0 Å². The maximum atomic E-state index is 13.4. The molecule has 1 aromatic heterocycles. The molecule has 26 heavy (non-hydrogen) atoms. The molecule has 0 unspecified atom stereocenters. The van der Waals surface area contributed by atoms with Crippen LogP contribution in [0.15, 0.2) is 65.6 Å². The Morgan fingerprint density at radius 2 is 1.62 bits per heavy atom. The first-order valence-corrected chi connectivity index (χ1v) is 11.5. The highest BCUT2D eigenvalue weighted by Gasteiger charge is 2.29. The molecule has 0 amide bonds. The van der Waals surface area contributed by atoms with E-state index in [0.717, 1.165) is 27.9 Å². The van der Waals surface area contributed by atoms with Gasteiger partial charge in [-0.25, -0.2) is 8.42 Å². The zero-order valence-electron chi connectivity index (χ0n) is 14.7. The maximum Gasteiger partial charge on any atom is 0.264 e. The highest BCUT2D eigenvalue weighted by Crippen LogP contribution is 2.37. The molecule has 1 heterocycles. The fourth-order valence-electron chi connectivity index (χ4n) is 3.72. The van der Waals surface area contributed by atoms with Crippen molar-refractivity contribution in [1.29, 1.82) is 0 Å². The minimum atomic E-state index is -3.56. The highest BCUT2D eigenvalue weighted by atomic mass is 32.2. The fourth-order valence-corrected chi connectivity index (χ4v) is 6.56. The second kappa shape index (κ2) is 7.41. The molecule has 0 N–H and O–H groups in total. The quantitative estimate of drug-likeness (QED) is 0.567. The first-order valence-electron chi connectivity index (χ1n) is 9.21. The molecule has 1 fully saturated rings. The molecule has 0 atom stereocenters. The van der Waals surface area contributed by atoms with Gasteiger partial charge in [-0.3, -0.25) is 4.31 Å². The molecule has 1 aliphatic carbocycles. The molecule has 4 rings (SSSR count). The van der Waals surface area contributed by atoms with Crippen molar-refractivity contribution in [1.82, 2.24) is 0 Å². The van der Waals surface area contributed by atoms with Crippen LogP contribution in [-0.2, 0) is 10.0 Å². The molecule has 0 bridgehead atoms. The van der Waals surface area contributed by atoms with Crippen LogP contribution in [0.3, 0.4) is 0 Å². The van der Waals surface area contributed by atoms with Crippen molar-refractivity contribution in [3.63, 3.8) is 0 Å². The van der Waals surface area contributed by atoms with E-state index in [2.05, 4.69) is 6.07 Å². The number of benzene rings is 2. The SMILES string of the molecule is O=S(=O)(c1ccccc1)N(CC1CCCCC1)c1cc2ccccc2s1. The number of thiophene rings is 1. The lowest BCUT2D eigenvalue weighted by Gasteiger charge is -2.29. The minimum absolute atomic E-state index is 0.369. The Balaban J connectivity index is 1.75. The molecule has 136 valence electrons. The highest BCUT2D eigenvalue weighted by molar-refractivity contribution is 7.93. The number of rotatable bonds is 5. The van der Waals surface area contributed by atoms with Crippen LogP contribution in [0.25, 0.3) is 10.1 Å². The third-order valence-electron chi connectivity index (χ3n) is 5.14. The Hall–Kier alpha value is -1.85. The van der Waals surface area contributed by atoms with Gasteiger partial charge in [0.05, 0.1) is 4.90 Å². The third-order valence-corrected chi connectivity index (χ3v) is 8.19. The van der Waals surface area contributed by atoms with Crippen molar-refractivity contribution in [3.8, 4) is 0 Å². The van der Waals surface area contributed by atoms with Gasteiger partial charge in [-0.1, -0.05) is 55.7 Å². The lowest BCUT2D eigenvalue weighted by molar-refractivity contribution is 0.366. The normalized spacial score (nSPS) is 16.0. The van der Waals surface area contributed by atoms with Crippen LogP contribution in [0.2, 0.25) is 0 Å². The van der Waals surface area contributed by atoms with E-state index in [4.69, 9.17) is 0 Å². The number of sulfonamides is 1. The van der Waals surface area contributed by atoms with E-state index in [0.29, 0.717) is 17.4 Å². The number of anilines is 1. The van der Waals surface area contributed by atoms with Gasteiger partial charge in [0.15, 0.2) is 0 Å². The Labute approximate surface area is 159 Å². The summed E-state index contributed by atoms with van der Waals surface area (Å²) in [5.74, 6) is 0.437. The number of fused-ring (bicyclic) bond motifs is 1. The molecule has 0 aliphatic heterocycles. The average Bonchev–Trinajstić information content (AvgIpc) is 3.11. The smallest absolute Gasteiger partial charge is 0.257 e. The second-order valence-corrected chi connectivity index (χ2v) is 9.90. The maximum absolute atomic E-state index is 13.4. The van der Waals surface area contributed by atoms with Gasteiger partial charge in [0.1, 0.15) is 5.00 Å². The van der Waals surface area contributed by atoms with Gasteiger partial charge in [-0.05, 0) is 48.4 Å². The van der Waals surface area contributed by atoms with Crippen LogP contribution in [0.5, 0.6) is 0 Å². The second-order valence-electron chi connectivity index (χ2n) is 6.98. The van der Waals surface area contributed by atoms with Crippen LogP contribution in [0, 0.1) is 5.92 Å². The first kappa shape index (κ1) is 17.6. The van der Waals surface area contributed by atoms with Gasteiger partial charge in [-0.15, -0.1) is 11.3 Å². The Morgan fingerprint density at radius 1 is 0.923 bits per heavy atom. The Kier molecular flexibility index (Phi) is 5.00. The zero-order chi connectivity index (χ0) is 18.0. The van der Waals surface area contributed by atoms with Crippen LogP contribution in [-0.4, -0.2) is 15.0 Å².